The van der Waals surface area contributed by atoms with Crippen LogP contribution in [0, 0.1) is 0 Å². The molecule has 0 spiro atoms. The van der Waals surface area contributed by atoms with Gasteiger partial charge in [0.15, 0.2) is 0 Å². The van der Waals surface area contributed by atoms with E-state index in [0.29, 0.717) is 16.8 Å². The number of carbonyl (C=O) groups is 1. The molecule has 0 aliphatic carbocycles. The van der Waals surface area contributed by atoms with Crippen molar-refractivity contribution < 1.29 is 18.3 Å². The molecule has 8 nitrogen and oxygen atoms in total. The molecular formula is C26H32N4O4S. The summed E-state index contributed by atoms with van der Waals surface area (Å²) >= 11 is 0. The first-order chi connectivity index (χ1) is 16.6. The minimum absolute atomic E-state index is 0.212. The molecule has 0 unspecified atom stereocenters. The number of nitrogens with one attached hydrogen (secondary N) is 2. The topological polar surface area (TPSA) is 102 Å². The summed E-state index contributed by atoms with van der Waals surface area (Å²) in [4.78, 5) is 16.9. The number of likely N-dealkylation sites (N-methyl/N-ethyl adjacent to an activating group) is 1. The van der Waals surface area contributed by atoms with Gasteiger partial charge in [-0.05, 0) is 56.8 Å². The van der Waals surface area contributed by atoms with Crippen LogP contribution in [0.25, 0.3) is 10.8 Å². The lowest BCUT2D eigenvalue weighted by Gasteiger charge is -2.36. The first-order valence-electron chi connectivity index (χ1n) is 11.7. The van der Waals surface area contributed by atoms with Crippen LogP contribution in [0.2, 0.25) is 0 Å². The summed E-state index contributed by atoms with van der Waals surface area (Å²) in [5.74, 6) is -0.548. The SMILES string of the molecule is CCN1CCN(c2cccc3c(S(=O)(=O)Nc4ccc(NC(=O)C(C)(C)O)cc4)cccc23)CC1. The Bertz CT molecular complexity index is 1310. The van der Waals surface area contributed by atoms with Gasteiger partial charge in [-0.2, -0.15) is 0 Å². The zero-order valence-electron chi connectivity index (χ0n) is 20.3. The van der Waals surface area contributed by atoms with Crippen LogP contribution >= 0.6 is 0 Å². The molecule has 0 saturated carbocycles. The number of anilines is 3. The van der Waals surface area contributed by atoms with Crippen molar-refractivity contribution in [1.82, 2.24) is 4.90 Å². The summed E-state index contributed by atoms with van der Waals surface area (Å²) < 4.78 is 29.3. The van der Waals surface area contributed by atoms with Crippen LogP contribution in [0.5, 0.6) is 0 Å². The smallest absolute Gasteiger partial charge is 0.262 e. The van der Waals surface area contributed by atoms with E-state index >= 15 is 0 Å². The monoisotopic (exact) mass is 496 g/mol. The molecule has 1 fully saturated rings. The van der Waals surface area contributed by atoms with E-state index in [1.807, 2.05) is 18.2 Å². The van der Waals surface area contributed by atoms with Crippen LogP contribution in [0.1, 0.15) is 20.8 Å². The van der Waals surface area contributed by atoms with E-state index < -0.39 is 21.5 Å². The zero-order chi connectivity index (χ0) is 25.2. The van der Waals surface area contributed by atoms with E-state index in [9.17, 15) is 18.3 Å². The molecule has 35 heavy (non-hydrogen) atoms. The van der Waals surface area contributed by atoms with Crippen molar-refractivity contribution >= 4 is 43.8 Å². The second kappa shape index (κ2) is 9.85. The number of sulfonamides is 1. The van der Waals surface area contributed by atoms with Crippen molar-refractivity contribution in [1.29, 1.82) is 0 Å². The second-order valence-corrected chi connectivity index (χ2v) is 10.9. The summed E-state index contributed by atoms with van der Waals surface area (Å²) in [6, 6.07) is 17.5. The largest absolute Gasteiger partial charge is 0.381 e. The van der Waals surface area contributed by atoms with Crippen LogP contribution in [0.15, 0.2) is 65.6 Å². The maximum absolute atomic E-state index is 13.3. The van der Waals surface area contributed by atoms with Gasteiger partial charge in [0, 0.05) is 54.0 Å². The van der Waals surface area contributed by atoms with Crippen LogP contribution in [0.3, 0.4) is 0 Å². The highest BCUT2D eigenvalue weighted by atomic mass is 32.2. The van der Waals surface area contributed by atoms with Crippen LogP contribution in [0.4, 0.5) is 17.1 Å². The van der Waals surface area contributed by atoms with Gasteiger partial charge in [-0.3, -0.25) is 9.52 Å². The van der Waals surface area contributed by atoms with Gasteiger partial charge < -0.3 is 20.2 Å². The third kappa shape index (κ3) is 5.58. The summed E-state index contributed by atoms with van der Waals surface area (Å²) in [5, 5.41) is 14.0. The number of benzene rings is 3. The molecule has 1 aliphatic heterocycles. The Morgan fingerprint density at radius 2 is 1.51 bits per heavy atom. The van der Waals surface area contributed by atoms with Crippen molar-refractivity contribution in [2.75, 3.05) is 47.7 Å². The molecule has 1 aliphatic rings. The number of nitrogens with zero attached hydrogens (tertiary/aromatic N) is 2. The minimum atomic E-state index is -3.86. The fourth-order valence-electron chi connectivity index (χ4n) is 4.20. The van der Waals surface area contributed by atoms with E-state index in [1.54, 1.807) is 36.4 Å². The Morgan fingerprint density at radius 1 is 0.914 bits per heavy atom. The van der Waals surface area contributed by atoms with Gasteiger partial charge in [0.2, 0.25) is 0 Å². The third-order valence-corrected chi connectivity index (χ3v) is 7.70. The van der Waals surface area contributed by atoms with Gasteiger partial charge in [0.25, 0.3) is 15.9 Å². The van der Waals surface area contributed by atoms with Gasteiger partial charge in [0.1, 0.15) is 5.60 Å². The maximum Gasteiger partial charge on any atom is 0.262 e. The predicted molar refractivity (Wildman–Crippen MR) is 140 cm³/mol. The first kappa shape index (κ1) is 25.0. The summed E-state index contributed by atoms with van der Waals surface area (Å²) in [6.07, 6.45) is 0. The molecule has 0 bridgehead atoms. The number of amides is 1. The number of carbonyl (C=O) groups excluding carboxylic acids is 1. The normalized spacial score (nSPS) is 15.3. The molecule has 186 valence electrons. The van der Waals surface area contributed by atoms with Gasteiger partial charge in [-0.15, -0.1) is 0 Å². The minimum Gasteiger partial charge on any atom is -0.381 e. The standard InChI is InChI=1S/C26H32N4O4S/c1-4-29-15-17-30(18-16-29)23-9-5-8-22-21(23)7-6-10-24(22)35(33,34)28-20-13-11-19(12-14-20)27-25(31)26(2,3)32/h5-14,28,32H,4,15-18H2,1-3H3,(H,27,31). The van der Waals surface area contributed by atoms with Crippen LogP contribution in [-0.4, -0.2) is 62.7 Å². The highest BCUT2D eigenvalue weighted by Crippen LogP contribution is 2.32. The molecule has 3 N–H and O–H groups in total. The number of rotatable bonds is 7. The summed E-state index contributed by atoms with van der Waals surface area (Å²) in [7, 11) is -3.86. The molecule has 0 aromatic heterocycles. The van der Waals surface area contributed by atoms with Gasteiger partial charge in [-0.25, -0.2) is 8.42 Å². The molecule has 9 heteroatoms. The van der Waals surface area contributed by atoms with E-state index in [2.05, 4.69) is 32.8 Å². The third-order valence-electron chi connectivity index (χ3n) is 6.26. The van der Waals surface area contributed by atoms with Gasteiger partial charge >= 0.3 is 0 Å². The lowest BCUT2D eigenvalue weighted by molar-refractivity contribution is -0.130. The first-order valence-corrected chi connectivity index (χ1v) is 13.2. The Balaban J connectivity index is 1.57. The van der Waals surface area contributed by atoms with E-state index in [0.717, 1.165) is 43.8 Å². The molecule has 0 radical (unpaired) electrons. The van der Waals surface area contributed by atoms with Gasteiger partial charge in [0.05, 0.1) is 4.90 Å². The molecular weight excluding hydrogens is 464 g/mol. The lowest BCUT2D eigenvalue weighted by atomic mass is 10.1. The molecule has 0 atom stereocenters. The molecule has 3 aromatic carbocycles. The van der Waals surface area contributed by atoms with Gasteiger partial charge in [-0.1, -0.05) is 31.2 Å². The van der Waals surface area contributed by atoms with Crippen molar-refractivity contribution in [2.45, 2.75) is 31.3 Å². The van der Waals surface area contributed by atoms with Crippen molar-refractivity contribution in [3.63, 3.8) is 0 Å². The number of fused-ring (bicyclic) bond motifs is 1. The zero-order valence-corrected chi connectivity index (χ0v) is 21.1. The molecule has 1 amide bonds. The Kier molecular flexibility index (Phi) is 7.02. The number of hydrogen-bond donors (Lipinski definition) is 3. The average molecular weight is 497 g/mol. The molecule has 1 saturated heterocycles. The Morgan fingerprint density at radius 3 is 2.14 bits per heavy atom. The number of hydrogen-bond acceptors (Lipinski definition) is 6. The molecule has 4 rings (SSSR count). The van der Waals surface area contributed by atoms with E-state index in [1.165, 1.54) is 13.8 Å². The number of piperazine rings is 1. The van der Waals surface area contributed by atoms with Crippen LogP contribution in [-0.2, 0) is 14.8 Å². The lowest BCUT2D eigenvalue weighted by Crippen LogP contribution is -2.46. The fourth-order valence-corrected chi connectivity index (χ4v) is 5.48. The predicted octanol–water partition coefficient (Wildman–Crippen LogP) is 3.49. The number of aliphatic hydroxyl groups is 1. The van der Waals surface area contributed by atoms with E-state index in [-0.39, 0.29) is 4.90 Å². The molecule has 1 heterocycles. The average Bonchev–Trinajstić information content (AvgIpc) is 2.83. The van der Waals surface area contributed by atoms with Crippen molar-refractivity contribution in [2.24, 2.45) is 0 Å². The highest BCUT2D eigenvalue weighted by molar-refractivity contribution is 7.93. The van der Waals surface area contributed by atoms with Crippen molar-refractivity contribution in [3.05, 3.63) is 60.7 Å². The maximum atomic E-state index is 13.3. The van der Waals surface area contributed by atoms with Crippen molar-refractivity contribution in [3.8, 4) is 0 Å². The summed E-state index contributed by atoms with van der Waals surface area (Å²) in [6.45, 7) is 9.76. The molecule has 3 aromatic rings. The Hall–Kier alpha value is -3.14. The van der Waals surface area contributed by atoms with E-state index in [4.69, 9.17) is 0 Å². The second-order valence-electron chi connectivity index (χ2n) is 9.25. The highest BCUT2D eigenvalue weighted by Gasteiger charge is 2.24. The quantitative estimate of drug-likeness (QED) is 0.463. The fraction of sp³-hybridized carbons (Fsp3) is 0.346. The summed E-state index contributed by atoms with van der Waals surface area (Å²) in [5.41, 5.74) is 0.354. The van der Waals surface area contributed by atoms with Crippen LogP contribution < -0.4 is 14.9 Å². The Labute approximate surface area is 206 Å².